The van der Waals surface area contributed by atoms with Crippen LogP contribution in [0.2, 0.25) is 0 Å². The van der Waals surface area contributed by atoms with Gasteiger partial charge in [0.05, 0.1) is 6.04 Å². The molecular weight excluding hydrogens is 390 g/mol. The highest BCUT2D eigenvalue weighted by Crippen LogP contribution is 2.55. The number of rotatable bonds is 2. The number of carbonyl (C=O) groups is 3. The SMILES string of the molecule is CC(=O)N1CCC(C(=O)N2CC[C@]3(C(=O)Nc4ccccc43)[C@@H]2c2ccccc2)CC1. The number of fused-ring (bicyclic) bond motifs is 2. The number of benzene rings is 2. The Hall–Kier alpha value is -3.15. The van der Waals surface area contributed by atoms with Crippen molar-refractivity contribution in [2.45, 2.75) is 37.6 Å². The largest absolute Gasteiger partial charge is 0.343 e. The van der Waals surface area contributed by atoms with Crippen LogP contribution >= 0.6 is 0 Å². The van der Waals surface area contributed by atoms with Crippen LogP contribution in [0.25, 0.3) is 0 Å². The van der Waals surface area contributed by atoms with Gasteiger partial charge < -0.3 is 15.1 Å². The third-order valence-corrected chi connectivity index (χ3v) is 7.27. The number of likely N-dealkylation sites (tertiary alicyclic amines) is 2. The molecule has 2 fully saturated rings. The lowest BCUT2D eigenvalue weighted by Crippen LogP contribution is -2.46. The molecule has 3 amide bonds. The molecule has 0 bridgehead atoms. The molecule has 31 heavy (non-hydrogen) atoms. The van der Waals surface area contributed by atoms with E-state index in [4.69, 9.17) is 0 Å². The van der Waals surface area contributed by atoms with E-state index < -0.39 is 5.41 Å². The van der Waals surface area contributed by atoms with Crippen LogP contribution < -0.4 is 5.32 Å². The van der Waals surface area contributed by atoms with Gasteiger partial charge in [-0.05, 0) is 36.5 Å². The molecule has 6 heteroatoms. The maximum Gasteiger partial charge on any atom is 0.237 e. The second-order valence-corrected chi connectivity index (χ2v) is 8.85. The average molecular weight is 418 g/mol. The third kappa shape index (κ3) is 3.04. The Balaban J connectivity index is 1.52. The monoisotopic (exact) mass is 417 g/mol. The molecule has 0 aromatic heterocycles. The summed E-state index contributed by atoms with van der Waals surface area (Å²) in [6.45, 7) is 3.36. The first-order valence-electron chi connectivity index (χ1n) is 11.0. The van der Waals surface area contributed by atoms with Gasteiger partial charge in [-0.1, -0.05) is 48.5 Å². The molecule has 1 spiro atoms. The van der Waals surface area contributed by atoms with Crippen LogP contribution in [0.1, 0.15) is 43.4 Å². The zero-order valence-corrected chi connectivity index (χ0v) is 17.7. The standard InChI is InChI=1S/C25H27N3O3/c1-17(29)27-14-11-19(12-15-27)23(30)28-16-13-25(22(28)18-7-3-2-4-8-18)20-9-5-6-10-21(20)26-24(25)31/h2-10,19,22H,11-16H2,1H3,(H,26,31)/t22-,25+/m0/s1. The minimum Gasteiger partial charge on any atom is -0.343 e. The van der Waals surface area contributed by atoms with Crippen LogP contribution in [-0.4, -0.2) is 47.2 Å². The molecule has 2 aromatic carbocycles. The fourth-order valence-electron chi connectivity index (χ4n) is 5.70. The van der Waals surface area contributed by atoms with Gasteiger partial charge in [-0.15, -0.1) is 0 Å². The van der Waals surface area contributed by atoms with E-state index in [-0.39, 0.29) is 29.7 Å². The number of anilines is 1. The van der Waals surface area contributed by atoms with Gasteiger partial charge in [0.1, 0.15) is 5.41 Å². The molecule has 2 aromatic rings. The first-order valence-corrected chi connectivity index (χ1v) is 11.0. The van der Waals surface area contributed by atoms with E-state index in [1.807, 2.05) is 64.4 Å². The molecule has 0 saturated carbocycles. The normalized spacial score (nSPS) is 25.6. The Labute approximate surface area is 182 Å². The number of hydrogen-bond acceptors (Lipinski definition) is 3. The molecule has 2 atom stereocenters. The van der Waals surface area contributed by atoms with Gasteiger partial charge in [-0.2, -0.15) is 0 Å². The van der Waals surface area contributed by atoms with Crippen molar-refractivity contribution in [1.29, 1.82) is 0 Å². The first-order chi connectivity index (χ1) is 15.0. The van der Waals surface area contributed by atoms with Crippen LogP contribution in [0, 0.1) is 5.92 Å². The number of amides is 3. The topological polar surface area (TPSA) is 69.7 Å². The zero-order chi connectivity index (χ0) is 21.6. The molecule has 160 valence electrons. The fraction of sp³-hybridized carbons (Fsp3) is 0.400. The maximum atomic E-state index is 13.7. The highest BCUT2D eigenvalue weighted by Gasteiger charge is 2.59. The number of hydrogen-bond donors (Lipinski definition) is 1. The highest BCUT2D eigenvalue weighted by atomic mass is 16.2. The molecule has 2 saturated heterocycles. The smallest absolute Gasteiger partial charge is 0.237 e. The van der Waals surface area contributed by atoms with E-state index in [0.717, 1.165) is 16.8 Å². The van der Waals surface area contributed by atoms with Gasteiger partial charge in [0, 0.05) is 38.2 Å². The van der Waals surface area contributed by atoms with Crippen LogP contribution in [0.4, 0.5) is 5.69 Å². The van der Waals surface area contributed by atoms with Crippen molar-refractivity contribution in [1.82, 2.24) is 9.80 Å². The van der Waals surface area contributed by atoms with E-state index in [1.54, 1.807) is 6.92 Å². The second kappa shape index (κ2) is 7.52. The van der Waals surface area contributed by atoms with E-state index in [9.17, 15) is 14.4 Å². The lowest BCUT2D eigenvalue weighted by molar-refractivity contribution is -0.141. The minimum absolute atomic E-state index is 0.0238. The molecule has 6 nitrogen and oxygen atoms in total. The Morgan fingerprint density at radius 2 is 1.65 bits per heavy atom. The van der Waals surface area contributed by atoms with E-state index >= 15 is 0 Å². The summed E-state index contributed by atoms with van der Waals surface area (Å²) in [6.07, 6.45) is 1.95. The van der Waals surface area contributed by atoms with Gasteiger partial charge in [-0.3, -0.25) is 14.4 Å². The molecular formula is C25H27N3O3. The Kier molecular flexibility index (Phi) is 4.80. The Morgan fingerprint density at radius 3 is 2.35 bits per heavy atom. The molecule has 1 N–H and O–H groups in total. The van der Waals surface area contributed by atoms with Crippen molar-refractivity contribution >= 4 is 23.4 Å². The van der Waals surface area contributed by atoms with E-state index in [1.165, 1.54) is 0 Å². The number of nitrogens with one attached hydrogen (secondary N) is 1. The fourth-order valence-corrected chi connectivity index (χ4v) is 5.70. The summed E-state index contributed by atoms with van der Waals surface area (Å²) in [5.41, 5.74) is 2.04. The summed E-state index contributed by atoms with van der Waals surface area (Å²) in [5.74, 6) is 0.0273. The van der Waals surface area contributed by atoms with Crippen molar-refractivity contribution in [3.8, 4) is 0 Å². The zero-order valence-electron chi connectivity index (χ0n) is 17.7. The van der Waals surface area contributed by atoms with Crippen LogP contribution in [0.5, 0.6) is 0 Å². The van der Waals surface area contributed by atoms with Crippen molar-refractivity contribution < 1.29 is 14.4 Å². The second-order valence-electron chi connectivity index (χ2n) is 8.85. The summed E-state index contributed by atoms with van der Waals surface area (Å²) in [4.78, 5) is 42.5. The molecule has 5 rings (SSSR count). The quantitative estimate of drug-likeness (QED) is 0.816. The van der Waals surface area contributed by atoms with Crippen molar-refractivity contribution in [3.05, 3.63) is 65.7 Å². The lowest BCUT2D eigenvalue weighted by Gasteiger charge is -2.38. The molecule has 0 unspecified atom stereocenters. The van der Waals surface area contributed by atoms with Crippen molar-refractivity contribution in [2.75, 3.05) is 25.0 Å². The number of nitrogens with zero attached hydrogens (tertiary/aromatic N) is 2. The molecule has 3 aliphatic heterocycles. The molecule has 3 aliphatic rings. The lowest BCUT2D eigenvalue weighted by atomic mass is 9.72. The van der Waals surface area contributed by atoms with Gasteiger partial charge in [0.15, 0.2) is 0 Å². The van der Waals surface area contributed by atoms with Crippen molar-refractivity contribution in [2.24, 2.45) is 5.92 Å². The minimum atomic E-state index is -0.770. The van der Waals surface area contributed by atoms with Crippen LogP contribution in [0.3, 0.4) is 0 Å². The molecule has 0 radical (unpaired) electrons. The van der Waals surface area contributed by atoms with Gasteiger partial charge >= 0.3 is 0 Å². The highest BCUT2D eigenvalue weighted by molar-refractivity contribution is 6.07. The van der Waals surface area contributed by atoms with E-state index in [0.29, 0.717) is 38.9 Å². The van der Waals surface area contributed by atoms with Crippen LogP contribution in [-0.2, 0) is 19.8 Å². The van der Waals surface area contributed by atoms with E-state index in [2.05, 4.69) is 5.32 Å². The Bertz CT molecular complexity index is 1030. The van der Waals surface area contributed by atoms with Gasteiger partial charge in [0.2, 0.25) is 17.7 Å². The summed E-state index contributed by atoms with van der Waals surface area (Å²) in [5, 5.41) is 3.07. The number of carbonyl (C=O) groups excluding carboxylic acids is 3. The summed E-state index contributed by atoms with van der Waals surface area (Å²) < 4.78 is 0. The summed E-state index contributed by atoms with van der Waals surface area (Å²) in [7, 11) is 0. The maximum absolute atomic E-state index is 13.7. The predicted octanol–water partition coefficient (Wildman–Crippen LogP) is 3.11. The Morgan fingerprint density at radius 1 is 0.968 bits per heavy atom. The van der Waals surface area contributed by atoms with Crippen molar-refractivity contribution in [3.63, 3.8) is 0 Å². The van der Waals surface area contributed by atoms with Gasteiger partial charge in [0.25, 0.3) is 0 Å². The number of piperidine rings is 1. The molecule has 0 aliphatic carbocycles. The summed E-state index contributed by atoms with van der Waals surface area (Å²) in [6, 6.07) is 17.4. The first kappa shape index (κ1) is 19.8. The number of para-hydroxylation sites is 1. The van der Waals surface area contributed by atoms with Crippen LogP contribution in [0.15, 0.2) is 54.6 Å². The average Bonchev–Trinajstić information content (AvgIpc) is 3.33. The summed E-state index contributed by atoms with van der Waals surface area (Å²) >= 11 is 0. The molecule has 3 heterocycles. The third-order valence-electron chi connectivity index (χ3n) is 7.27. The predicted molar refractivity (Wildman–Crippen MR) is 117 cm³/mol. The van der Waals surface area contributed by atoms with Gasteiger partial charge in [-0.25, -0.2) is 0 Å².